The number of likely N-dealkylation sites (N-methyl/N-ethyl adjacent to an activating group) is 1. The standard InChI is InChI=1S/C25H35N7O7/c1-15(2)29-23(18(26-6)10-17-22(25(3,4)5)28-13-27-17)39-14-38-21(35)9-7-8-16-12-32(31-30-16)19(24(36)37)11-20(33)34/h10,12-13,19,26H,1,7-9,11,14H2,2-6H3,(H,27,28)(H,33,34)(H,36,37)/b18-10-,29-23?. The summed E-state index contributed by atoms with van der Waals surface area (Å²) in [5.74, 6) is -2.95. The molecule has 0 aliphatic heterocycles. The number of esters is 1. The van der Waals surface area contributed by atoms with Gasteiger partial charge in [-0.15, -0.1) is 5.10 Å². The van der Waals surface area contributed by atoms with E-state index in [9.17, 15) is 19.5 Å². The smallest absolute Gasteiger partial charge is 0.329 e. The van der Waals surface area contributed by atoms with Crippen molar-refractivity contribution < 1.29 is 34.1 Å². The number of H-pyrrole nitrogens is 1. The molecule has 0 bridgehead atoms. The van der Waals surface area contributed by atoms with Gasteiger partial charge in [-0.2, -0.15) is 0 Å². The number of carboxylic acid groups (broad SMARTS) is 2. The first-order valence-corrected chi connectivity index (χ1v) is 12.1. The lowest BCUT2D eigenvalue weighted by Gasteiger charge is -2.18. The van der Waals surface area contributed by atoms with Gasteiger partial charge in [-0.25, -0.2) is 19.5 Å². The Labute approximate surface area is 225 Å². The number of rotatable bonds is 14. The molecular formula is C25H35N7O7. The van der Waals surface area contributed by atoms with Crippen LogP contribution in [0.5, 0.6) is 0 Å². The van der Waals surface area contributed by atoms with E-state index in [2.05, 4.69) is 57.9 Å². The molecule has 0 radical (unpaired) electrons. The lowest BCUT2D eigenvalue weighted by molar-refractivity contribution is -0.151. The van der Waals surface area contributed by atoms with Gasteiger partial charge >= 0.3 is 17.9 Å². The Morgan fingerprint density at radius 3 is 2.59 bits per heavy atom. The summed E-state index contributed by atoms with van der Waals surface area (Å²) in [5, 5.41) is 28.7. The van der Waals surface area contributed by atoms with Crippen LogP contribution in [0.4, 0.5) is 0 Å². The van der Waals surface area contributed by atoms with Crippen LogP contribution in [0.3, 0.4) is 0 Å². The molecule has 39 heavy (non-hydrogen) atoms. The first-order chi connectivity index (χ1) is 18.3. The van der Waals surface area contributed by atoms with Crippen LogP contribution in [0.1, 0.15) is 70.1 Å². The number of allylic oxidation sites excluding steroid dienone is 1. The highest BCUT2D eigenvalue weighted by atomic mass is 16.7. The third-order valence-corrected chi connectivity index (χ3v) is 5.25. The van der Waals surface area contributed by atoms with Crippen LogP contribution in [0, 0.1) is 0 Å². The molecule has 2 rings (SSSR count). The Balaban J connectivity index is 1.94. The molecule has 14 heteroatoms. The first-order valence-electron chi connectivity index (χ1n) is 12.1. The van der Waals surface area contributed by atoms with E-state index in [0.717, 1.165) is 10.4 Å². The van der Waals surface area contributed by atoms with E-state index in [1.807, 2.05) is 0 Å². The number of aliphatic imine (C=N–C) groups is 1. The Kier molecular flexibility index (Phi) is 10.9. The Morgan fingerprint density at radius 2 is 2.00 bits per heavy atom. The van der Waals surface area contributed by atoms with Crippen molar-refractivity contribution in [1.82, 2.24) is 30.3 Å². The van der Waals surface area contributed by atoms with Gasteiger partial charge in [0.05, 0.1) is 29.8 Å². The van der Waals surface area contributed by atoms with Gasteiger partial charge in [-0.3, -0.25) is 9.59 Å². The average Bonchev–Trinajstić information content (AvgIpc) is 3.49. The molecule has 0 amide bonds. The topological polar surface area (TPSA) is 194 Å². The average molecular weight is 546 g/mol. The second-order valence-electron chi connectivity index (χ2n) is 9.65. The number of aliphatic carboxylic acids is 2. The molecule has 4 N–H and O–H groups in total. The summed E-state index contributed by atoms with van der Waals surface area (Å²) in [6.45, 7) is 11.3. The maximum atomic E-state index is 12.2. The van der Waals surface area contributed by atoms with E-state index in [1.54, 1.807) is 26.4 Å². The number of carbonyl (C=O) groups is 3. The van der Waals surface area contributed by atoms with Crippen LogP contribution in [-0.2, 0) is 35.7 Å². The maximum absolute atomic E-state index is 12.2. The molecule has 0 saturated carbocycles. The highest BCUT2D eigenvalue weighted by molar-refractivity contribution is 5.97. The minimum Gasteiger partial charge on any atom is -0.481 e. The quantitative estimate of drug-likeness (QED) is 0.118. The number of hydrogen-bond acceptors (Lipinski definition) is 10. The van der Waals surface area contributed by atoms with Crippen LogP contribution >= 0.6 is 0 Å². The summed E-state index contributed by atoms with van der Waals surface area (Å²) in [5.41, 5.74) is 2.87. The van der Waals surface area contributed by atoms with Crippen LogP contribution in [0.2, 0.25) is 0 Å². The van der Waals surface area contributed by atoms with Crippen molar-refractivity contribution in [1.29, 1.82) is 0 Å². The molecule has 2 aromatic rings. The monoisotopic (exact) mass is 545 g/mol. The molecule has 1 unspecified atom stereocenters. The van der Waals surface area contributed by atoms with Crippen molar-refractivity contribution in [3.8, 4) is 0 Å². The predicted molar refractivity (Wildman–Crippen MR) is 141 cm³/mol. The first kappa shape index (κ1) is 30.7. The zero-order valence-electron chi connectivity index (χ0n) is 22.7. The van der Waals surface area contributed by atoms with Crippen LogP contribution in [-0.4, -0.2) is 72.8 Å². The number of aryl methyl sites for hydroxylation is 1. The summed E-state index contributed by atoms with van der Waals surface area (Å²) < 4.78 is 11.8. The number of ether oxygens (including phenoxy) is 2. The van der Waals surface area contributed by atoms with Crippen molar-refractivity contribution in [2.24, 2.45) is 4.99 Å². The maximum Gasteiger partial charge on any atom is 0.329 e. The number of imidazole rings is 1. The summed E-state index contributed by atoms with van der Waals surface area (Å²) >= 11 is 0. The second kappa shape index (κ2) is 13.9. The number of carbonyl (C=O) groups excluding carboxylic acids is 1. The molecule has 1 atom stereocenters. The van der Waals surface area contributed by atoms with Crippen molar-refractivity contribution >= 4 is 29.9 Å². The van der Waals surface area contributed by atoms with E-state index >= 15 is 0 Å². The van der Waals surface area contributed by atoms with Gasteiger partial charge in [-0.05, 0) is 25.8 Å². The fourth-order valence-electron chi connectivity index (χ4n) is 3.41. The van der Waals surface area contributed by atoms with Crippen molar-refractivity contribution in [3.63, 3.8) is 0 Å². The molecule has 0 aromatic carbocycles. The molecule has 0 aliphatic carbocycles. The van der Waals surface area contributed by atoms with Gasteiger partial charge in [-0.1, -0.05) is 32.6 Å². The second-order valence-corrected chi connectivity index (χ2v) is 9.65. The number of aromatic amines is 1. The van der Waals surface area contributed by atoms with Crippen molar-refractivity contribution in [3.05, 3.63) is 47.6 Å². The number of hydrogen-bond donors (Lipinski definition) is 4. The van der Waals surface area contributed by atoms with Gasteiger partial charge in [0.2, 0.25) is 12.7 Å². The number of carboxylic acids is 2. The fourth-order valence-corrected chi connectivity index (χ4v) is 3.41. The third-order valence-electron chi connectivity index (χ3n) is 5.25. The van der Waals surface area contributed by atoms with Crippen molar-refractivity contribution in [2.45, 2.75) is 64.8 Å². The minimum absolute atomic E-state index is 0.0393. The minimum atomic E-state index is -1.37. The predicted octanol–water partition coefficient (Wildman–Crippen LogP) is 2.43. The van der Waals surface area contributed by atoms with Crippen LogP contribution in [0.25, 0.3) is 6.08 Å². The largest absolute Gasteiger partial charge is 0.481 e. The molecule has 0 spiro atoms. The molecule has 2 aromatic heterocycles. The van der Waals surface area contributed by atoms with Crippen LogP contribution in [0.15, 0.2) is 35.5 Å². The lowest BCUT2D eigenvalue weighted by Crippen LogP contribution is -2.22. The molecular weight excluding hydrogens is 510 g/mol. The van der Waals surface area contributed by atoms with Gasteiger partial charge < -0.3 is 30.0 Å². The Morgan fingerprint density at radius 1 is 1.28 bits per heavy atom. The fraction of sp³-hybridized carbons (Fsp3) is 0.480. The summed E-state index contributed by atoms with van der Waals surface area (Å²) in [6, 6.07) is -1.37. The van der Waals surface area contributed by atoms with E-state index in [0.29, 0.717) is 35.6 Å². The van der Waals surface area contributed by atoms with Gasteiger partial charge in [0, 0.05) is 36.5 Å². The van der Waals surface area contributed by atoms with Gasteiger partial charge in [0.1, 0.15) is 0 Å². The highest BCUT2D eigenvalue weighted by Gasteiger charge is 2.24. The molecule has 0 aliphatic rings. The zero-order chi connectivity index (χ0) is 29.2. The molecule has 0 fully saturated rings. The molecule has 2 heterocycles. The van der Waals surface area contributed by atoms with E-state index in [4.69, 9.17) is 14.6 Å². The molecule has 14 nitrogen and oxygen atoms in total. The van der Waals surface area contributed by atoms with Crippen molar-refractivity contribution in [2.75, 3.05) is 13.8 Å². The van der Waals surface area contributed by atoms with Gasteiger partial charge in [0.25, 0.3) is 0 Å². The SMILES string of the molecule is C=C(C)N=C(OCOC(=O)CCCc1cn(C(CC(=O)O)C(=O)O)nn1)/C(=C/c1nc[nH]c1C(C)(C)C)NC. The van der Waals surface area contributed by atoms with Crippen LogP contribution < -0.4 is 5.32 Å². The Bertz CT molecular complexity index is 1240. The molecule has 212 valence electrons. The highest BCUT2D eigenvalue weighted by Crippen LogP contribution is 2.24. The lowest BCUT2D eigenvalue weighted by atomic mass is 9.90. The summed E-state index contributed by atoms with van der Waals surface area (Å²) in [4.78, 5) is 46.2. The van der Waals surface area contributed by atoms with E-state index in [1.165, 1.54) is 6.20 Å². The number of nitrogens with one attached hydrogen (secondary N) is 2. The molecule has 0 saturated heterocycles. The Hall–Kier alpha value is -4.49. The van der Waals surface area contributed by atoms with E-state index < -0.39 is 30.4 Å². The van der Waals surface area contributed by atoms with E-state index in [-0.39, 0.29) is 24.5 Å². The zero-order valence-corrected chi connectivity index (χ0v) is 22.7. The summed E-state index contributed by atoms with van der Waals surface area (Å²) in [7, 11) is 1.70. The summed E-state index contributed by atoms with van der Waals surface area (Å²) in [6.07, 6.45) is 4.80. The number of nitrogens with zero attached hydrogens (tertiary/aromatic N) is 5. The normalized spacial score (nSPS) is 13.1. The number of aromatic nitrogens is 5. The third kappa shape index (κ3) is 9.72. The van der Waals surface area contributed by atoms with Gasteiger partial charge in [0.15, 0.2) is 6.04 Å².